The van der Waals surface area contributed by atoms with Crippen LogP contribution in [-0.2, 0) is 0 Å². The average Bonchev–Trinajstić information content (AvgIpc) is 2.46. The van der Waals surface area contributed by atoms with Gasteiger partial charge in [-0.3, -0.25) is 5.41 Å². The Hall–Kier alpha value is -2.69. The Kier molecular flexibility index (Phi) is 4.33. The number of methoxy groups -OCH3 is 2. The number of nitrogens with two attached hydrogens (primary N) is 1. The van der Waals surface area contributed by atoms with Crippen molar-refractivity contribution < 1.29 is 14.2 Å². The van der Waals surface area contributed by atoms with Crippen LogP contribution in [0.4, 0.5) is 0 Å². The Labute approximate surface area is 123 Å². The van der Waals surface area contributed by atoms with Gasteiger partial charge in [0.25, 0.3) is 0 Å². The van der Waals surface area contributed by atoms with Crippen molar-refractivity contribution in [2.75, 3.05) is 14.2 Å². The molecule has 2 rings (SSSR count). The topological polar surface area (TPSA) is 77.6 Å². The van der Waals surface area contributed by atoms with Crippen LogP contribution in [-0.4, -0.2) is 20.1 Å². The summed E-state index contributed by atoms with van der Waals surface area (Å²) in [6.07, 6.45) is 0. The van der Waals surface area contributed by atoms with Gasteiger partial charge in [-0.1, -0.05) is 6.07 Å². The van der Waals surface area contributed by atoms with Crippen LogP contribution in [0, 0.1) is 12.3 Å². The summed E-state index contributed by atoms with van der Waals surface area (Å²) in [4.78, 5) is 0. The fourth-order valence-electron chi connectivity index (χ4n) is 1.90. The van der Waals surface area contributed by atoms with E-state index in [-0.39, 0.29) is 5.84 Å². The molecule has 0 spiro atoms. The molecule has 0 unspecified atom stereocenters. The van der Waals surface area contributed by atoms with Gasteiger partial charge in [0.05, 0.1) is 19.8 Å². The lowest BCUT2D eigenvalue weighted by atomic mass is 10.1. The Morgan fingerprint density at radius 3 is 2.05 bits per heavy atom. The van der Waals surface area contributed by atoms with Crippen LogP contribution < -0.4 is 19.9 Å². The second-order valence-electron chi connectivity index (χ2n) is 4.56. The molecule has 0 radical (unpaired) electrons. The third-order valence-corrected chi connectivity index (χ3v) is 2.98. The predicted molar refractivity (Wildman–Crippen MR) is 81.8 cm³/mol. The number of hydrogen-bond acceptors (Lipinski definition) is 4. The molecule has 0 atom stereocenters. The highest BCUT2D eigenvalue weighted by Crippen LogP contribution is 2.32. The summed E-state index contributed by atoms with van der Waals surface area (Å²) in [5, 5.41) is 7.62. The molecule has 5 nitrogen and oxygen atoms in total. The molecule has 21 heavy (non-hydrogen) atoms. The second kappa shape index (κ2) is 6.17. The van der Waals surface area contributed by atoms with Gasteiger partial charge in [0, 0.05) is 18.2 Å². The van der Waals surface area contributed by atoms with Crippen LogP contribution in [0.5, 0.6) is 23.0 Å². The van der Waals surface area contributed by atoms with Crippen molar-refractivity contribution in [1.82, 2.24) is 0 Å². The number of nitrogens with one attached hydrogen (secondary N) is 1. The normalized spacial score (nSPS) is 10.0. The minimum Gasteiger partial charge on any atom is -0.496 e. The van der Waals surface area contributed by atoms with Crippen LogP contribution >= 0.6 is 0 Å². The van der Waals surface area contributed by atoms with Crippen molar-refractivity contribution in [3.63, 3.8) is 0 Å². The van der Waals surface area contributed by atoms with Gasteiger partial charge in [0.1, 0.15) is 28.8 Å². The highest BCUT2D eigenvalue weighted by molar-refractivity contribution is 5.97. The first-order chi connectivity index (χ1) is 10.0. The Morgan fingerprint density at radius 1 is 0.952 bits per heavy atom. The molecule has 5 heteroatoms. The van der Waals surface area contributed by atoms with Crippen LogP contribution in [0.3, 0.4) is 0 Å². The second-order valence-corrected chi connectivity index (χ2v) is 4.56. The third kappa shape index (κ3) is 3.45. The van der Waals surface area contributed by atoms with Crippen molar-refractivity contribution in [2.45, 2.75) is 6.92 Å². The summed E-state index contributed by atoms with van der Waals surface area (Å²) < 4.78 is 16.3. The van der Waals surface area contributed by atoms with Crippen LogP contribution in [0.2, 0.25) is 0 Å². The minimum absolute atomic E-state index is 0.0418. The molecule has 0 heterocycles. The molecule has 3 N–H and O–H groups in total. The first-order valence-electron chi connectivity index (χ1n) is 6.39. The van der Waals surface area contributed by atoms with Crippen LogP contribution in [0.1, 0.15) is 11.1 Å². The zero-order chi connectivity index (χ0) is 15.4. The summed E-state index contributed by atoms with van der Waals surface area (Å²) >= 11 is 0. The van der Waals surface area contributed by atoms with Gasteiger partial charge < -0.3 is 19.9 Å². The summed E-state index contributed by atoms with van der Waals surface area (Å²) in [5.74, 6) is 2.29. The quantitative estimate of drug-likeness (QED) is 0.654. The molecular formula is C16H18N2O3. The first kappa shape index (κ1) is 14.7. The summed E-state index contributed by atoms with van der Waals surface area (Å²) in [6.45, 7) is 1.95. The van der Waals surface area contributed by atoms with E-state index in [1.807, 2.05) is 19.1 Å². The number of hydrogen-bond donors (Lipinski definition) is 2. The molecule has 0 aliphatic heterocycles. The smallest absolute Gasteiger partial charge is 0.138 e. The minimum atomic E-state index is -0.0418. The molecule has 0 aliphatic carbocycles. The summed E-state index contributed by atoms with van der Waals surface area (Å²) in [6, 6.07) is 10.7. The van der Waals surface area contributed by atoms with Gasteiger partial charge >= 0.3 is 0 Å². The molecule has 0 saturated carbocycles. The van der Waals surface area contributed by atoms with Crippen molar-refractivity contribution in [1.29, 1.82) is 5.41 Å². The zero-order valence-corrected chi connectivity index (χ0v) is 12.3. The maximum absolute atomic E-state index is 7.62. The maximum atomic E-state index is 7.62. The first-order valence-corrected chi connectivity index (χ1v) is 6.39. The van der Waals surface area contributed by atoms with Gasteiger partial charge in [0.2, 0.25) is 0 Å². The highest BCUT2D eigenvalue weighted by Gasteiger charge is 2.10. The monoisotopic (exact) mass is 286 g/mol. The van der Waals surface area contributed by atoms with Crippen LogP contribution in [0.15, 0.2) is 36.4 Å². The predicted octanol–water partition coefficient (Wildman–Crippen LogP) is 3.09. The lowest BCUT2D eigenvalue weighted by Crippen LogP contribution is -2.12. The van der Waals surface area contributed by atoms with Gasteiger partial charge in [-0.05, 0) is 24.6 Å². The SMILES string of the molecule is COc1cc(OC)cc(Oc2cc(C)ccc2C(=N)N)c1. The molecule has 0 fully saturated rings. The van der Waals surface area contributed by atoms with Gasteiger partial charge in [-0.15, -0.1) is 0 Å². The number of aryl methyl sites for hydroxylation is 1. The van der Waals surface area contributed by atoms with E-state index >= 15 is 0 Å². The van der Waals surface area contributed by atoms with Crippen molar-refractivity contribution in [3.05, 3.63) is 47.5 Å². The fourth-order valence-corrected chi connectivity index (χ4v) is 1.90. The molecule has 2 aromatic rings. The van der Waals surface area contributed by atoms with E-state index in [4.69, 9.17) is 25.4 Å². The molecular weight excluding hydrogens is 268 g/mol. The van der Waals surface area contributed by atoms with Gasteiger partial charge in [0.15, 0.2) is 0 Å². The Balaban J connectivity index is 2.42. The highest BCUT2D eigenvalue weighted by atomic mass is 16.5. The molecule has 110 valence electrons. The van der Waals surface area contributed by atoms with Crippen molar-refractivity contribution >= 4 is 5.84 Å². The number of nitrogen functional groups attached to an aromatic ring is 1. The average molecular weight is 286 g/mol. The molecule has 0 bridgehead atoms. The van der Waals surface area contributed by atoms with Crippen LogP contribution in [0.25, 0.3) is 0 Å². The number of rotatable bonds is 5. The zero-order valence-electron chi connectivity index (χ0n) is 12.3. The summed E-state index contributed by atoms with van der Waals surface area (Å²) in [5.41, 5.74) is 7.15. The van der Waals surface area contributed by atoms with E-state index in [0.717, 1.165) is 5.56 Å². The van der Waals surface area contributed by atoms with Gasteiger partial charge in [-0.2, -0.15) is 0 Å². The Morgan fingerprint density at radius 2 is 1.52 bits per heavy atom. The maximum Gasteiger partial charge on any atom is 0.138 e. The molecule has 0 aliphatic rings. The van der Waals surface area contributed by atoms with E-state index in [9.17, 15) is 0 Å². The largest absolute Gasteiger partial charge is 0.496 e. The third-order valence-electron chi connectivity index (χ3n) is 2.98. The van der Waals surface area contributed by atoms with E-state index in [2.05, 4.69) is 0 Å². The molecule has 0 amide bonds. The van der Waals surface area contributed by atoms with Crippen molar-refractivity contribution in [2.24, 2.45) is 5.73 Å². The van der Waals surface area contributed by atoms with E-state index < -0.39 is 0 Å². The molecule has 0 aromatic heterocycles. The molecule has 0 saturated heterocycles. The van der Waals surface area contributed by atoms with E-state index in [0.29, 0.717) is 28.6 Å². The fraction of sp³-hybridized carbons (Fsp3) is 0.188. The standard InChI is InChI=1S/C16H18N2O3/c1-10-4-5-14(16(17)18)15(6-10)21-13-8-11(19-2)7-12(9-13)20-3/h4-9H,1-3H3,(H3,17,18). The lowest BCUT2D eigenvalue weighted by molar-refractivity contribution is 0.386. The van der Waals surface area contributed by atoms with Crippen molar-refractivity contribution in [3.8, 4) is 23.0 Å². The molecule has 2 aromatic carbocycles. The Bertz CT molecular complexity index is 646. The number of ether oxygens (including phenoxy) is 3. The van der Waals surface area contributed by atoms with Gasteiger partial charge in [-0.25, -0.2) is 0 Å². The number of amidine groups is 1. The van der Waals surface area contributed by atoms with E-state index in [1.165, 1.54) is 0 Å². The lowest BCUT2D eigenvalue weighted by Gasteiger charge is -2.13. The van der Waals surface area contributed by atoms with E-state index in [1.54, 1.807) is 38.5 Å². The summed E-state index contributed by atoms with van der Waals surface area (Å²) in [7, 11) is 3.15. The number of benzene rings is 2.